The Labute approximate surface area is 189 Å². The normalized spacial score (nSPS) is 12.6. The summed E-state index contributed by atoms with van der Waals surface area (Å²) < 4.78 is 7.63. The molecule has 4 rings (SSSR count). The average Bonchev–Trinajstić information content (AvgIpc) is 3.22. The fraction of sp³-hybridized carbons (Fsp3) is 0.304. The number of aromatic nitrogens is 4. The van der Waals surface area contributed by atoms with Crippen LogP contribution in [-0.4, -0.2) is 19.7 Å². The van der Waals surface area contributed by atoms with Crippen LogP contribution in [0.2, 0.25) is 5.02 Å². The maximum Gasteiger partial charge on any atom is 0.262 e. The van der Waals surface area contributed by atoms with E-state index in [9.17, 15) is 4.79 Å². The van der Waals surface area contributed by atoms with Crippen LogP contribution in [0.3, 0.4) is 0 Å². The van der Waals surface area contributed by atoms with Gasteiger partial charge in [-0.05, 0) is 50.1 Å². The summed E-state index contributed by atoms with van der Waals surface area (Å²) in [5.74, 6) is 1.24. The molecular weight excluding hydrogens is 432 g/mol. The van der Waals surface area contributed by atoms with Crippen molar-refractivity contribution in [3.63, 3.8) is 0 Å². The van der Waals surface area contributed by atoms with E-state index in [0.717, 1.165) is 5.56 Å². The van der Waals surface area contributed by atoms with Gasteiger partial charge in [0, 0.05) is 17.1 Å². The third kappa shape index (κ3) is 4.67. The number of fused-ring (bicyclic) bond motifs is 1. The lowest BCUT2D eigenvalue weighted by Gasteiger charge is -2.16. The lowest BCUT2D eigenvalue weighted by Crippen LogP contribution is -2.25. The molecule has 0 saturated carbocycles. The van der Waals surface area contributed by atoms with Gasteiger partial charge in [-0.15, -0.1) is 10.2 Å². The van der Waals surface area contributed by atoms with Crippen molar-refractivity contribution in [1.82, 2.24) is 19.7 Å². The topological polar surface area (TPSA) is 73.8 Å². The van der Waals surface area contributed by atoms with Crippen LogP contribution >= 0.6 is 23.4 Å². The van der Waals surface area contributed by atoms with Crippen molar-refractivity contribution < 1.29 is 4.42 Å². The molecule has 0 N–H and O–H groups in total. The minimum absolute atomic E-state index is 0.0956. The van der Waals surface area contributed by atoms with Gasteiger partial charge >= 0.3 is 0 Å². The van der Waals surface area contributed by atoms with Gasteiger partial charge in [-0.3, -0.25) is 9.36 Å². The summed E-state index contributed by atoms with van der Waals surface area (Å²) in [4.78, 5) is 17.9. The van der Waals surface area contributed by atoms with Crippen LogP contribution in [0, 0.1) is 12.8 Å². The standard InChI is InChI=1S/C23H23ClN4O2S/c1-13(2)12-28-22(29)18-11-17(24)9-10-19(18)25-23(28)31-15(4)20-26-27-21(30-20)16-7-5-14(3)6-8-16/h5-11,13,15H,12H2,1-4H3. The molecule has 0 radical (unpaired) electrons. The van der Waals surface area contributed by atoms with E-state index in [4.69, 9.17) is 21.0 Å². The van der Waals surface area contributed by atoms with E-state index in [2.05, 4.69) is 24.0 Å². The fourth-order valence-electron chi connectivity index (χ4n) is 3.21. The van der Waals surface area contributed by atoms with Gasteiger partial charge in [-0.1, -0.05) is 54.9 Å². The minimum Gasteiger partial charge on any atom is -0.419 e. The lowest BCUT2D eigenvalue weighted by atomic mass is 10.1. The molecule has 1 unspecified atom stereocenters. The Balaban J connectivity index is 1.68. The first kappa shape index (κ1) is 21.6. The maximum atomic E-state index is 13.2. The number of rotatable bonds is 6. The predicted octanol–water partition coefficient (Wildman–Crippen LogP) is 5.92. The summed E-state index contributed by atoms with van der Waals surface area (Å²) in [6.45, 7) is 8.69. The van der Waals surface area contributed by atoms with Gasteiger partial charge in [0.25, 0.3) is 5.56 Å². The number of hydrogen-bond acceptors (Lipinski definition) is 6. The molecule has 0 aliphatic heterocycles. The SMILES string of the molecule is Cc1ccc(-c2nnc(C(C)Sc3nc4ccc(Cl)cc4c(=O)n3CC(C)C)o2)cc1. The Kier molecular flexibility index (Phi) is 6.16. The van der Waals surface area contributed by atoms with Crippen LogP contribution in [0.25, 0.3) is 22.4 Å². The van der Waals surface area contributed by atoms with Crippen LogP contribution in [0.15, 0.2) is 56.8 Å². The molecular formula is C23H23ClN4O2S. The van der Waals surface area contributed by atoms with Gasteiger partial charge < -0.3 is 4.42 Å². The lowest BCUT2D eigenvalue weighted by molar-refractivity contribution is 0.473. The predicted molar refractivity (Wildman–Crippen MR) is 125 cm³/mol. The molecule has 0 fully saturated rings. The van der Waals surface area contributed by atoms with Gasteiger partial charge in [-0.2, -0.15) is 0 Å². The van der Waals surface area contributed by atoms with E-state index >= 15 is 0 Å². The zero-order valence-electron chi connectivity index (χ0n) is 17.8. The van der Waals surface area contributed by atoms with Gasteiger partial charge in [-0.25, -0.2) is 4.98 Å². The second-order valence-corrected chi connectivity index (χ2v) is 9.68. The largest absolute Gasteiger partial charge is 0.419 e. The molecule has 2 aromatic carbocycles. The zero-order valence-corrected chi connectivity index (χ0v) is 19.4. The van der Waals surface area contributed by atoms with E-state index in [1.165, 1.54) is 17.3 Å². The summed E-state index contributed by atoms with van der Waals surface area (Å²) in [5, 5.41) is 9.90. The van der Waals surface area contributed by atoms with E-state index in [0.29, 0.717) is 39.4 Å². The van der Waals surface area contributed by atoms with Crippen molar-refractivity contribution in [2.75, 3.05) is 0 Å². The van der Waals surface area contributed by atoms with Gasteiger partial charge in [0.2, 0.25) is 11.8 Å². The first-order valence-corrected chi connectivity index (χ1v) is 11.3. The molecule has 6 nitrogen and oxygen atoms in total. The molecule has 2 aromatic heterocycles. The Morgan fingerprint density at radius 3 is 2.55 bits per heavy atom. The molecule has 160 valence electrons. The van der Waals surface area contributed by atoms with Crippen LogP contribution < -0.4 is 5.56 Å². The van der Waals surface area contributed by atoms with E-state index in [-0.39, 0.29) is 16.7 Å². The molecule has 4 aromatic rings. The van der Waals surface area contributed by atoms with Crippen molar-refractivity contribution in [3.05, 3.63) is 69.3 Å². The Morgan fingerprint density at radius 1 is 1.10 bits per heavy atom. The van der Waals surface area contributed by atoms with Crippen LogP contribution in [0.5, 0.6) is 0 Å². The Hall–Kier alpha value is -2.64. The molecule has 0 spiro atoms. The molecule has 0 bridgehead atoms. The van der Waals surface area contributed by atoms with Crippen molar-refractivity contribution in [1.29, 1.82) is 0 Å². The molecule has 0 aliphatic carbocycles. The van der Waals surface area contributed by atoms with E-state index in [1.54, 1.807) is 22.8 Å². The molecule has 0 saturated heterocycles. The molecule has 0 amide bonds. The third-order valence-corrected chi connectivity index (χ3v) is 6.11. The second-order valence-electron chi connectivity index (χ2n) is 7.94. The van der Waals surface area contributed by atoms with Crippen molar-refractivity contribution in [2.24, 2.45) is 5.92 Å². The Morgan fingerprint density at radius 2 is 1.84 bits per heavy atom. The van der Waals surface area contributed by atoms with Crippen LogP contribution in [0.4, 0.5) is 0 Å². The van der Waals surface area contributed by atoms with Gasteiger partial charge in [0.1, 0.15) is 0 Å². The molecule has 1 atom stereocenters. The highest BCUT2D eigenvalue weighted by Gasteiger charge is 2.21. The highest BCUT2D eigenvalue weighted by atomic mass is 35.5. The quantitative estimate of drug-likeness (QED) is 0.266. The maximum absolute atomic E-state index is 13.2. The first-order chi connectivity index (χ1) is 14.8. The average molecular weight is 455 g/mol. The molecule has 2 heterocycles. The number of thioether (sulfide) groups is 1. The summed E-state index contributed by atoms with van der Waals surface area (Å²) >= 11 is 7.54. The molecule has 31 heavy (non-hydrogen) atoms. The number of hydrogen-bond donors (Lipinski definition) is 0. The van der Waals surface area contributed by atoms with E-state index in [1.807, 2.05) is 38.1 Å². The fourth-order valence-corrected chi connectivity index (χ4v) is 4.33. The number of nitrogens with zero attached hydrogens (tertiary/aromatic N) is 4. The first-order valence-electron chi connectivity index (χ1n) is 10.1. The van der Waals surface area contributed by atoms with Crippen molar-refractivity contribution >= 4 is 34.3 Å². The minimum atomic E-state index is -0.179. The van der Waals surface area contributed by atoms with Crippen LogP contribution in [0.1, 0.15) is 37.5 Å². The Bertz CT molecular complexity index is 1280. The summed E-state index contributed by atoms with van der Waals surface area (Å²) in [6.07, 6.45) is 0. The van der Waals surface area contributed by atoms with Gasteiger partial charge in [0.05, 0.1) is 16.2 Å². The smallest absolute Gasteiger partial charge is 0.262 e. The van der Waals surface area contributed by atoms with Gasteiger partial charge in [0.15, 0.2) is 5.16 Å². The highest BCUT2D eigenvalue weighted by molar-refractivity contribution is 7.99. The summed E-state index contributed by atoms with van der Waals surface area (Å²) in [7, 11) is 0. The van der Waals surface area contributed by atoms with E-state index < -0.39 is 0 Å². The number of benzene rings is 2. The number of aryl methyl sites for hydroxylation is 1. The van der Waals surface area contributed by atoms with Crippen molar-refractivity contribution in [2.45, 2.75) is 44.6 Å². The third-order valence-electron chi connectivity index (χ3n) is 4.80. The second kappa shape index (κ2) is 8.85. The summed E-state index contributed by atoms with van der Waals surface area (Å²) in [5.41, 5.74) is 2.56. The number of halogens is 1. The molecule has 8 heteroatoms. The zero-order chi connectivity index (χ0) is 22.1. The van der Waals surface area contributed by atoms with Crippen molar-refractivity contribution in [3.8, 4) is 11.5 Å². The van der Waals surface area contributed by atoms with Crippen LogP contribution in [-0.2, 0) is 6.54 Å². The highest BCUT2D eigenvalue weighted by Crippen LogP contribution is 2.34. The molecule has 0 aliphatic rings. The summed E-state index contributed by atoms with van der Waals surface area (Å²) in [6, 6.07) is 13.1. The monoisotopic (exact) mass is 454 g/mol.